The normalized spacial score (nSPS) is 13.3. The summed E-state index contributed by atoms with van der Waals surface area (Å²) in [5.41, 5.74) is 12.2. The van der Waals surface area contributed by atoms with Crippen molar-refractivity contribution in [3.63, 3.8) is 0 Å². The fourth-order valence-corrected chi connectivity index (χ4v) is 2.75. The minimum atomic E-state index is -0.790. The first-order chi connectivity index (χ1) is 17.5. The molecule has 196 valence electrons. The molecular weight excluding hydrogens is 480 g/mol. The van der Waals surface area contributed by atoms with Crippen LogP contribution in [0.3, 0.4) is 0 Å². The number of benzene rings is 2. The van der Waals surface area contributed by atoms with Crippen LogP contribution in [0.1, 0.15) is 25.0 Å². The van der Waals surface area contributed by atoms with Crippen LogP contribution in [0, 0.1) is 0 Å². The van der Waals surface area contributed by atoms with Crippen LogP contribution in [-0.2, 0) is 14.4 Å². The quantitative estimate of drug-likeness (QED) is 0.135. The largest absolute Gasteiger partial charge is 0.508 e. The summed E-state index contributed by atoms with van der Waals surface area (Å²) in [6.45, 7) is 3.01. The number of esters is 2. The molecule has 0 spiro atoms. The van der Waals surface area contributed by atoms with Crippen molar-refractivity contribution in [2.75, 3.05) is 14.2 Å². The maximum atomic E-state index is 12.2. The highest BCUT2D eigenvalue weighted by Crippen LogP contribution is 2.30. The Morgan fingerprint density at radius 1 is 0.757 bits per heavy atom. The molecule has 0 radical (unpaired) electrons. The summed E-state index contributed by atoms with van der Waals surface area (Å²) < 4.78 is 20.8. The minimum absolute atomic E-state index is 0.202. The maximum Gasteiger partial charge on any atom is 0.328 e. The standard InChI is InChI=1S/C27H30N2O8/c1-16(28)26(32)36-22-11-7-18(13-24(22)34-3)5-9-20(30)15-21(31)10-6-19-8-12-23(25(14-19)35-4)37-27(33)17(2)29/h5-17,30H,28-29H2,1-4H3/b9-5+,10-6+,20-15?. The second-order valence-corrected chi connectivity index (χ2v) is 7.88. The number of allylic oxidation sites excluding steroid dienone is 3. The van der Waals surface area contributed by atoms with E-state index in [1.165, 1.54) is 58.4 Å². The highest BCUT2D eigenvalue weighted by molar-refractivity contribution is 6.02. The molecule has 0 heterocycles. The summed E-state index contributed by atoms with van der Waals surface area (Å²) in [7, 11) is 2.84. The number of carbonyl (C=O) groups excluding carboxylic acids is 3. The molecule has 2 aromatic carbocycles. The van der Waals surface area contributed by atoms with Gasteiger partial charge in [-0.25, -0.2) is 9.59 Å². The van der Waals surface area contributed by atoms with Gasteiger partial charge in [0.15, 0.2) is 28.8 Å². The van der Waals surface area contributed by atoms with Gasteiger partial charge >= 0.3 is 11.9 Å². The number of ether oxygens (including phenoxy) is 4. The van der Waals surface area contributed by atoms with E-state index in [4.69, 9.17) is 30.4 Å². The zero-order chi connectivity index (χ0) is 27.5. The van der Waals surface area contributed by atoms with Crippen molar-refractivity contribution >= 4 is 29.9 Å². The Morgan fingerprint density at radius 2 is 1.19 bits per heavy atom. The van der Waals surface area contributed by atoms with Crippen LogP contribution >= 0.6 is 0 Å². The lowest BCUT2D eigenvalue weighted by Crippen LogP contribution is -2.30. The zero-order valence-corrected chi connectivity index (χ0v) is 21.0. The van der Waals surface area contributed by atoms with Gasteiger partial charge in [-0.2, -0.15) is 0 Å². The molecule has 0 aromatic heterocycles. The Kier molecular flexibility index (Phi) is 10.6. The van der Waals surface area contributed by atoms with Crippen molar-refractivity contribution in [1.82, 2.24) is 0 Å². The Bertz CT molecular complexity index is 1230. The number of aliphatic hydroxyl groups is 1. The SMILES string of the molecule is COc1cc(/C=C/C(=O)C=C(O)/C=C/c2ccc(OC(=O)C(C)N)c(OC)c2)ccc1OC(=O)C(C)N. The number of aliphatic hydroxyl groups excluding tert-OH is 1. The zero-order valence-electron chi connectivity index (χ0n) is 21.0. The van der Waals surface area contributed by atoms with E-state index in [0.717, 1.165) is 6.08 Å². The van der Waals surface area contributed by atoms with Crippen LogP contribution in [0.5, 0.6) is 23.0 Å². The van der Waals surface area contributed by atoms with Crippen molar-refractivity contribution in [3.8, 4) is 23.0 Å². The molecule has 0 saturated heterocycles. The highest BCUT2D eigenvalue weighted by Gasteiger charge is 2.15. The Labute approximate surface area is 214 Å². The lowest BCUT2D eigenvalue weighted by Gasteiger charge is -2.11. The summed E-state index contributed by atoms with van der Waals surface area (Å²) in [5.74, 6) is -0.962. The molecule has 10 heteroatoms. The average molecular weight is 511 g/mol. The molecule has 0 aliphatic carbocycles. The Hall–Kier alpha value is -4.41. The summed E-state index contributed by atoms with van der Waals surface area (Å²) in [6, 6.07) is 7.92. The first-order valence-corrected chi connectivity index (χ1v) is 11.2. The smallest absolute Gasteiger partial charge is 0.328 e. The number of ketones is 1. The Balaban J connectivity index is 2.08. The third-order valence-electron chi connectivity index (χ3n) is 4.72. The minimum Gasteiger partial charge on any atom is -0.508 e. The van der Waals surface area contributed by atoms with Gasteiger partial charge in [0, 0.05) is 6.08 Å². The van der Waals surface area contributed by atoms with Crippen LogP contribution in [0.25, 0.3) is 12.2 Å². The van der Waals surface area contributed by atoms with Gasteiger partial charge in [0.05, 0.1) is 14.2 Å². The van der Waals surface area contributed by atoms with Crippen LogP contribution in [0.4, 0.5) is 0 Å². The third-order valence-corrected chi connectivity index (χ3v) is 4.72. The van der Waals surface area contributed by atoms with Gasteiger partial charge in [0.1, 0.15) is 17.8 Å². The molecule has 0 amide bonds. The maximum absolute atomic E-state index is 12.2. The molecular formula is C27H30N2O8. The van der Waals surface area contributed by atoms with Gasteiger partial charge in [-0.05, 0) is 61.4 Å². The van der Waals surface area contributed by atoms with Gasteiger partial charge in [0.2, 0.25) is 0 Å². The number of hydrogen-bond donors (Lipinski definition) is 3. The van der Waals surface area contributed by atoms with Gasteiger partial charge in [-0.1, -0.05) is 24.3 Å². The molecule has 2 unspecified atom stereocenters. The lowest BCUT2D eigenvalue weighted by molar-refractivity contribution is -0.136. The first-order valence-electron chi connectivity index (χ1n) is 11.2. The predicted octanol–water partition coefficient (Wildman–Crippen LogP) is 2.95. The van der Waals surface area contributed by atoms with E-state index in [-0.39, 0.29) is 17.3 Å². The molecule has 10 nitrogen and oxygen atoms in total. The van der Waals surface area contributed by atoms with E-state index in [1.54, 1.807) is 30.3 Å². The fourth-order valence-electron chi connectivity index (χ4n) is 2.75. The number of methoxy groups -OCH3 is 2. The lowest BCUT2D eigenvalue weighted by atomic mass is 10.1. The van der Waals surface area contributed by atoms with Crippen molar-refractivity contribution in [2.24, 2.45) is 11.5 Å². The molecule has 0 fully saturated rings. The van der Waals surface area contributed by atoms with E-state index in [0.29, 0.717) is 22.6 Å². The monoisotopic (exact) mass is 510 g/mol. The first kappa shape index (κ1) is 28.8. The van der Waals surface area contributed by atoms with Crippen molar-refractivity contribution in [3.05, 3.63) is 71.5 Å². The molecule has 37 heavy (non-hydrogen) atoms. The molecule has 2 rings (SSSR count). The van der Waals surface area contributed by atoms with Crippen molar-refractivity contribution < 1.29 is 38.4 Å². The molecule has 0 bridgehead atoms. The van der Waals surface area contributed by atoms with Crippen molar-refractivity contribution in [1.29, 1.82) is 0 Å². The number of hydrogen-bond acceptors (Lipinski definition) is 10. The summed E-state index contributed by atoms with van der Waals surface area (Å²) in [5, 5.41) is 10.1. The highest BCUT2D eigenvalue weighted by atomic mass is 16.6. The van der Waals surface area contributed by atoms with Gasteiger partial charge in [-0.15, -0.1) is 0 Å². The van der Waals surface area contributed by atoms with Gasteiger partial charge < -0.3 is 35.5 Å². The van der Waals surface area contributed by atoms with Gasteiger partial charge in [0.25, 0.3) is 0 Å². The third kappa shape index (κ3) is 8.95. The fraction of sp³-hybridized carbons (Fsp3) is 0.222. The molecule has 2 aromatic rings. The summed E-state index contributed by atoms with van der Waals surface area (Å²) in [6.07, 6.45) is 6.70. The van der Waals surface area contributed by atoms with E-state index in [1.807, 2.05) is 0 Å². The second kappa shape index (κ2) is 13.6. The number of rotatable bonds is 11. The van der Waals surface area contributed by atoms with Crippen molar-refractivity contribution in [2.45, 2.75) is 25.9 Å². The Morgan fingerprint density at radius 3 is 1.59 bits per heavy atom. The number of carbonyl (C=O) groups is 3. The van der Waals surface area contributed by atoms with E-state index < -0.39 is 29.8 Å². The van der Waals surface area contributed by atoms with Crippen LogP contribution < -0.4 is 30.4 Å². The molecule has 0 aliphatic heterocycles. The van der Waals surface area contributed by atoms with Gasteiger partial charge in [-0.3, -0.25) is 4.79 Å². The van der Waals surface area contributed by atoms with Crippen LogP contribution in [0.2, 0.25) is 0 Å². The molecule has 0 aliphatic rings. The molecule has 2 atom stereocenters. The molecule has 0 saturated carbocycles. The summed E-state index contributed by atoms with van der Waals surface area (Å²) in [4.78, 5) is 35.7. The van der Waals surface area contributed by atoms with E-state index >= 15 is 0 Å². The van der Waals surface area contributed by atoms with Crippen LogP contribution in [0.15, 0.2) is 60.4 Å². The second-order valence-electron chi connectivity index (χ2n) is 7.88. The topological polar surface area (TPSA) is 160 Å². The average Bonchev–Trinajstić information content (AvgIpc) is 2.87. The predicted molar refractivity (Wildman–Crippen MR) is 138 cm³/mol. The summed E-state index contributed by atoms with van der Waals surface area (Å²) >= 11 is 0. The van der Waals surface area contributed by atoms with E-state index in [9.17, 15) is 19.5 Å². The number of nitrogens with two attached hydrogens (primary N) is 2. The van der Waals surface area contributed by atoms with E-state index in [2.05, 4.69) is 0 Å². The molecule has 5 N–H and O–H groups in total. The van der Waals surface area contributed by atoms with Crippen LogP contribution in [-0.4, -0.2) is 49.1 Å².